The third-order valence-corrected chi connectivity index (χ3v) is 3.44. The summed E-state index contributed by atoms with van der Waals surface area (Å²) in [5.41, 5.74) is 0. The maximum absolute atomic E-state index is 11.6. The van der Waals surface area contributed by atoms with Crippen LogP contribution in [0.2, 0.25) is 0 Å². The fourth-order valence-electron chi connectivity index (χ4n) is 2.32. The van der Waals surface area contributed by atoms with Crippen molar-refractivity contribution in [2.75, 3.05) is 45.8 Å². The molecule has 5 radical (unpaired) electrons. The van der Waals surface area contributed by atoms with Crippen LogP contribution in [0, 0.1) is 31.6 Å². The summed E-state index contributed by atoms with van der Waals surface area (Å²) in [5, 5.41) is 8.83. The molecule has 1 aliphatic carbocycles. The first-order chi connectivity index (χ1) is 10.2. The molecule has 6 nitrogen and oxygen atoms in total. The largest absolute Gasteiger partial charge is 0.354 e. The second-order valence-corrected chi connectivity index (χ2v) is 5.20. The molecule has 1 heterocycles. The molecule has 1 aliphatic heterocycles. The van der Waals surface area contributed by atoms with Gasteiger partial charge >= 0.3 is 0 Å². The molecule has 3 N–H and O–H groups in total. The van der Waals surface area contributed by atoms with Crippen LogP contribution in [0.1, 0.15) is 6.42 Å². The van der Waals surface area contributed by atoms with E-state index in [1.807, 2.05) is 12.8 Å². The van der Waals surface area contributed by atoms with E-state index in [0.29, 0.717) is 13.1 Å². The molecule has 1 saturated heterocycles. The molecule has 0 aromatic carbocycles. The van der Waals surface area contributed by atoms with Gasteiger partial charge in [-0.05, 0) is 31.6 Å². The topological polar surface area (TPSA) is 73.5 Å². The number of carbonyl (C=O) groups excluding carboxylic acids is 2. The van der Waals surface area contributed by atoms with Gasteiger partial charge in [0.1, 0.15) is 6.42 Å². The molecule has 115 valence electrons. The van der Waals surface area contributed by atoms with Crippen molar-refractivity contribution < 1.29 is 9.59 Å². The molecule has 1 saturated carbocycles. The zero-order chi connectivity index (χ0) is 14.9. The van der Waals surface area contributed by atoms with Crippen LogP contribution in [0.5, 0.6) is 0 Å². The molecule has 0 bridgehead atoms. The zero-order valence-electron chi connectivity index (χ0n) is 12.2. The van der Waals surface area contributed by atoms with Gasteiger partial charge < -0.3 is 16.0 Å². The van der Waals surface area contributed by atoms with E-state index in [1.165, 1.54) is 5.92 Å². The van der Waals surface area contributed by atoms with Crippen LogP contribution in [-0.2, 0) is 9.59 Å². The van der Waals surface area contributed by atoms with Gasteiger partial charge in [0.25, 0.3) is 0 Å². The highest BCUT2D eigenvalue weighted by molar-refractivity contribution is 5.96. The zero-order valence-corrected chi connectivity index (χ0v) is 12.2. The Balaban J connectivity index is 1.80. The maximum atomic E-state index is 11.6. The lowest BCUT2D eigenvalue weighted by Gasteiger charge is -2.25. The van der Waals surface area contributed by atoms with Crippen molar-refractivity contribution in [3.05, 3.63) is 31.6 Å². The van der Waals surface area contributed by atoms with Crippen molar-refractivity contribution in [2.24, 2.45) is 0 Å². The Morgan fingerprint density at radius 1 is 0.905 bits per heavy atom. The minimum absolute atomic E-state index is 0.0944. The number of hydrogen-bond acceptors (Lipinski definition) is 4. The maximum Gasteiger partial charge on any atom is 0.229 e. The van der Waals surface area contributed by atoms with Gasteiger partial charge in [0.2, 0.25) is 11.8 Å². The van der Waals surface area contributed by atoms with Gasteiger partial charge in [0, 0.05) is 45.8 Å². The fourth-order valence-corrected chi connectivity index (χ4v) is 2.32. The molecule has 0 spiro atoms. The van der Waals surface area contributed by atoms with Crippen LogP contribution in [0.25, 0.3) is 0 Å². The van der Waals surface area contributed by atoms with E-state index in [1.54, 1.807) is 0 Å². The summed E-state index contributed by atoms with van der Waals surface area (Å²) in [6.45, 7) is 5.26. The van der Waals surface area contributed by atoms with Gasteiger partial charge in [0.15, 0.2) is 0 Å². The van der Waals surface area contributed by atoms with Gasteiger partial charge in [-0.25, -0.2) is 0 Å². The van der Waals surface area contributed by atoms with Crippen molar-refractivity contribution in [3.63, 3.8) is 0 Å². The molecule has 21 heavy (non-hydrogen) atoms. The quantitative estimate of drug-likeness (QED) is 0.566. The SMILES string of the molecule is O=C1CC(=O)NCCN(C[C]2[CH][CH][CH][CH]2)CCNCCN1. The summed E-state index contributed by atoms with van der Waals surface area (Å²) in [5.74, 6) is 0.845. The highest BCUT2D eigenvalue weighted by Gasteiger charge is 2.20. The van der Waals surface area contributed by atoms with Gasteiger partial charge in [0.05, 0.1) is 0 Å². The lowest BCUT2D eigenvalue weighted by Crippen LogP contribution is -2.40. The number of rotatable bonds is 2. The molecule has 0 atom stereocenters. The van der Waals surface area contributed by atoms with Crippen molar-refractivity contribution >= 4 is 11.8 Å². The molecule has 2 fully saturated rings. The summed E-state index contributed by atoms with van der Waals surface area (Å²) in [7, 11) is 0. The lowest BCUT2D eigenvalue weighted by atomic mass is 10.1. The van der Waals surface area contributed by atoms with E-state index in [4.69, 9.17) is 0 Å². The fraction of sp³-hybridized carbons (Fsp3) is 0.533. The molecular weight excluding hydrogens is 268 g/mol. The first kappa shape index (κ1) is 16.2. The van der Waals surface area contributed by atoms with E-state index in [0.717, 1.165) is 32.7 Å². The predicted molar refractivity (Wildman–Crippen MR) is 80.4 cm³/mol. The standard InChI is InChI=1S/C15H23N4O2/c20-14-11-15(21)18-8-10-19(9-7-16-5-6-17-14)12-13-3-1-2-4-13/h1-4,16H,5-12H2,(H,17,20)(H,18,21). The minimum Gasteiger partial charge on any atom is -0.354 e. The third kappa shape index (κ3) is 6.44. The molecular formula is C15H23N4O2. The van der Waals surface area contributed by atoms with Crippen molar-refractivity contribution in [3.8, 4) is 0 Å². The Morgan fingerprint density at radius 2 is 1.57 bits per heavy atom. The summed E-state index contributed by atoms with van der Waals surface area (Å²) in [6.07, 6.45) is 8.19. The summed E-state index contributed by atoms with van der Waals surface area (Å²) >= 11 is 0. The van der Waals surface area contributed by atoms with Gasteiger partial charge in [-0.15, -0.1) is 0 Å². The highest BCUT2D eigenvalue weighted by Crippen LogP contribution is 2.23. The number of carbonyl (C=O) groups is 2. The number of nitrogens with one attached hydrogen (secondary N) is 3. The Morgan fingerprint density at radius 3 is 2.33 bits per heavy atom. The molecule has 0 aromatic heterocycles. The normalized spacial score (nSPS) is 24.6. The minimum atomic E-state index is -0.220. The summed E-state index contributed by atoms with van der Waals surface area (Å²) < 4.78 is 0. The molecule has 2 aliphatic rings. The van der Waals surface area contributed by atoms with Crippen LogP contribution < -0.4 is 16.0 Å². The van der Waals surface area contributed by atoms with Crippen LogP contribution in [0.3, 0.4) is 0 Å². The number of nitrogens with zero attached hydrogens (tertiary/aromatic N) is 1. The number of amides is 2. The van der Waals surface area contributed by atoms with E-state index < -0.39 is 0 Å². The second-order valence-electron chi connectivity index (χ2n) is 5.20. The third-order valence-electron chi connectivity index (χ3n) is 3.44. The van der Waals surface area contributed by atoms with Gasteiger partial charge in [-0.2, -0.15) is 0 Å². The van der Waals surface area contributed by atoms with Crippen LogP contribution in [0.15, 0.2) is 0 Å². The van der Waals surface area contributed by atoms with Gasteiger partial charge in [-0.3, -0.25) is 14.5 Å². The monoisotopic (exact) mass is 291 g/mol. The predicted octanol–water partition coefficient (Wildman–Crippen LogP) is -1.08. The molecule has 6 heteroatoms. The average Bonchev–Trinajstić information content (AvgIpc) is 2.94. The summed E-state index contributed by atoms with van der Waals surface area (Å²) in [6, 6.07) is 0. The van der Waals surface area contributed by atoms with E-state index in [-0.39, 0.29) is 18.2 Å². The summed E-state index contributed by atoms with van der Waals surface area (Å²) in [4.78, 5) is 25.4. The lowest BCUT2D eigenvalue weighted by molar-refractivity contribution is -0.129. The average molecular weight is 291 g/mol. The molecule has 0 unspecified atom stereocenters. The molecule has 2 rings (SSSR count). The van der Waals surface area contributed by atoms with E-state index in [2.05, 4.69) is 33.7 Å². The van der Waals surface area contributed by atoms with Crippen LogP contribution in [-0.4, -0.2) is 62.5 Å². The van der Waals surface area contributed by atoms with E-state index >= 15 is 0 Å². The second kappa shape index (κ2) is 9.00. The first-order valence-corrected chi connectivity index (χ1v) is 7.41. The molecule has 2 amide bonds. The smallest absolute Gasteiger partial charge is 0.229 e. The number of hydrogen-bond donors (Lipinski definition) is 3. The van der Waals surface area contributed by atoms with Crippen molar-refractivity contribution in [2.45, 2.75) is 6.42 Å². The van der Waals surface area contributed by atoms with E-state index in [9.17, 15) is 9.59 Å². The highest BCUT2D eigenvalue weighted by atomic mass is 16.2. The van der Waals surface area contributed by atoms with Crippen molar-refractivity contribution in [1.29, 1.82) is 0 Å². The Bertz CT molecular complexity index is 343. The Kier molecular flexibility index (Phi) is 6.95. The first-order valence-electron chi connectivity index (χ1n) is 7.41. The Hall–Kier alpha value is -1.14. The Labute approximate surface area is 127 Å². The van der Waals surface area contributed by atoms with Crippen LogP contribution >= 0.6 is 0 Å². The van der Waals surface area contributed by atoms with Crippen LogP contribution in [0.4, 0.5) is 0 Å². The molecule has 0 aromatic rings. The van der Waals surface area contributed by atoms with Crippen molar-refractivity contribution in [1.82, 2.24) is 20.9 Å². The van der Waals surface area contributed by atoms with Gasteiger partial charge in [-0.1, -0.05) is 0 Å².